The van der Waals surface area contributed by atoms with E-state index in [9.17, 15) is 13.2 Å². The summed E-state index contributed by atoms with van der Waals surface area (Å²) in [7, 11) is -3.50. The lowest BCUT2D eigenvalue weighted by Gasteiger charge is -2.05. The Morgan fingerprint density at radius 1 is 1.32 bits per heavy atom. The summed E-state index contributed by atoms with van der Waals surface area (Å²) < 4.78 is 25.4. The average molecular weight is 279 g/mol. The van der Waals surface area contributed by atoms with E-state index in [0.29, 0.717) is 0 Å². The number of aromatic nitrogens is 2. The third kappa shape index (κ3) is 3.92. The number of amides is 1. The Morgan fingerprint density at radius 2 is 2.00 bits per heavy atom. The Labute approximate surface area is 111 Å². The van der Waals surface area contributed by atoms with Crippen LogP contribution in [0.15, 0.2) is 42.7 Å². The molecule has 0 aliphatic rings. The van der Waals surface area contributed by atoms with E-state index in [1.54, 1.807) is 23.0 Å². The van der Waals surface area contributed by atoms with Gasteiger partial charge in [0.05, 0.1) is 18.4 Å². The molecular formula is C12H13N3O3S. The van der Waals surface area contributed by atoms with Gasteiger partial charge in [-0.1, -0.05) is 12.1 Å². The van der Waals surface area contributed by atoms with Crippen LogP contribution in [0.4, 0.5) is 0 Å². The van der Waals surface area contributed by atoms with Crippen molar-refractivity contribution in [2.24, 2.45) is 0 Å². The van der Waals surface area contributed by atoms with Crippen molar-refractivity contribution in [2.45, 2.75) is 6.42 Å². The highest BCUT2D eigenvalue weighted by Crippen LogP contribution is 2.09. The Morgan fingerprint density at radius 3 is 2.53 bits per heavy atom. The molecule has 0 radical (unpaired) electrons. The maximum Gasteiger partial charge on any atom is 0.237 e. The second kappa shape index (κ2) is 5.23. The van der Waals surface area contributed by atoms with E-state index in [1.165, 1.54) is 0 Å². The SMILES string of the molecule is CS(=O)(=O)NC(=O)Cc1ccc(-n2cccn2)cc1. The van der Waals surface area contributed by atoms with Crippen LogP contribution in [0.3, 0.4) is 0 Å². The Kier molecular flexibility index (Phi) is 3.66. The van der Waals surface area contributed by atoms with Gasteiger partial charge in [-0.15, -0.1) is 0 Å². The predicted octanol–water partition coefficient (Wildman–Crippen LogP) is 0.491. The summed E-state index contributed by atoms with van der Waals surface area (Å²) in [4.78, 5) is 11.4. The molecule has 0 spiro atoms. The van der Waals surface area contributed by atoms with E-state index in [-0.39, 0.29) is 6.42 Å². The van der Waals surface area contributed by atoms with Crippen LogP contribution in [0, 0.1) is 0 Å². The Balaban J connectivity index is 2.05. The first kappa shape index (κ1) is 13.3. The van der Waals surface area contributed by atoms with Gasteiger partial charge in [0.15, 0.2) is 0 Å². The zero-order valence-corrected chi connectivity index (χ0v) is 11.1. The third-order valence-corrected chi connectivity index (χ3v) is 2.97. The first-order chi connectivity index (χ1) is 8.94. The number of rotatable bonds is 4. The van der Waals surface area contributed by atoms with Crippen LogP contribution < -0.4 is 4.72 Å². The molecule has 0 saturated carbocycles. The molecule has 19 heavy (non-hydrogen) atoms. The number of carbonyl (C=O) groups is 1. The maximum absolute atomic E-state index is 11.4. The lowest BCUT2D eigenvalue weighted by Crippen LogP contribution is -2.30. The van der Waals surface area contributed by atoms with Gasteiger partial charge in [0.25, 0.3) is 0 Å². The van der Waals surface area contributed by atoms with Crippen LogP contribution in [0.5, 0.6) is 0 Å². The molecule has 0 aliphatic carbocycles. The third-order valence-electron chi connectivity index (χ3n) is 2.37. The highest BCUT2D eigenvalue weighted by atomic mass is 32.2. The lowest BCUT2D eigenvalue weighted by atomic mass is 10.1. The largest absolute Gasteiger partial charge is 0.274 e. The van der Waals surface area contributed by atoms with Crippen LogP contribution in [-0.4, -0.2) is 30.4 Å². The van der Waals surface area contributed by atoms with Gasteiger partial charge in [0, 0.05) is 12.4 Å². The summed E-state index contributed by atoms with van der Waals surface area (Å²) in [6.07, 6.45) is 4.46. The average Bonchev–Trinajstić information content (AvgIpc) is 2.80. The van der Waals surface area contributed by atoms with Gasteiger partial charge >= 0.3 is 0 Å². The van der Waals surface area contributed by atoms with E-state index < -0.39 is 15.9 Å². The number of carbonyl (C=O) groups excluding carboxylic acids is 1. The maximum atomic E-state index is 11.4. The molecule has 2 rings (SSSR count). The molecule has 7 heteroatoms. The summed E-state index contributed by atoms with van der Waals surface area (Å²) in [5.41, 5.74) is 1.61. The Hall–Kier alpha value is -2.15. The number of sulfonamides is 1. The van der Waals surface area contributed by atoms with Crippen LogP contribution in [0.2, 0.25) is 0 Å². The summed E-state index contributed by atoms with van der Waals surface area (Å²) in [6, 6.07) is 8.97. The molecule has 1 amide bonds. The van der Waals surface area contributed by atoms with Gasteiger partial charge in [-0.3, -0.25) is 9.52 Å². The number of nitrogens with zero attached hydrogens (tertiary/aromatic N) is 2. The number of hydrogen-bond donors (Lipinski definition) is 1. The van der Waals surface area contributed by atoms with Crippen LogP contribution >= 0.6 is 0 Å². The fourth-order valence-corrected chi connectivity index (χ4v) is 2.10. The van der Waals surface area contributed by atoms with Gasteiger partial charge in [-0.05, 0) is 23.8 Å². The molecule has 100 valence electrons. The molecular weight excluding hydrogens is 266 g/mol. The van der Waals surface area contributed by atoms with Crippen molar-refractivity contribution < 1.29 is 13.2 Å². The first-order valence-electron chi connectivity index (χ1n) is 5.53. The molecule has 1 heterocycles. The molecule has 0 saturated heterocycles. The normalized spacial score (nSPS) is 11.2. The van der Waals surface area contributed by atoms with Gasteiger partial charge in [0.2, 0.25) is 15.9 Å². The van der Waals surface area contributed by atoms with Crippen molar-refractivity contribution in [3.8, 4) is 5.69 Å². The molecule has 0 unspecified atom stereocenters. The molecule has 1 aromatic heterocycles. The molecule has 0 aliphatic heterocycles. The van der Waals surface area contributed by atoms with Crippen molar-refractivity contribution in [1.82, 2.24) is 14.5 Å². The number of benzene rings is 1. The number of nitrogens with one attached hydrogen (secondary N) is 1. The van der Waals surface area contributed by atoms with Crippen molar-refractivity contribution in [1.29, 1.82) is 0 Å². The summed E-state index contributed by atoms with van der Waals surface area (Å²) in [6.45, 7) is 0. The molecule has 0 atom stereocenters. The second-order valence-corrected chi connectivity index (χ2v) is 5.84. The fraction of sp³-hybridized carbons (Fsp3) is 0.167. The molecule has 2 aromatic rings. The van der Waals surface area contributed by atoms with Crippen LogP contribution in [0.25, 0.3) is 5.69 Å². The van der Waals surface area contributed by atoms with Gasteiger partial charge in [-0.2, -0.15) is 5.10 Å². The lowest BCUT2D eigenvalue weighted by molar-refractivity contribution is -0.118. The Bertz CT molecular complexity index is 661. The van der Waals surface area contributed by atoms with E-state index >= 15 is 0 Å². The molecule has 1 N–H and O–H groups in total. The standard InChI is InChI=1S/C12H13N3O3S/c1-19(17,18)14-12(16)9-10-3-5-11(6-4-10)15-8-2-7-13-15/h2-8H,9H2,1H3,(H,14,16). The van der Waals surface area contributed by atoms with Crippen LogP contribution in [-0.2, 0) is 21.2 Å². The minimum Gasteiger partial charge on any atom is -0.274 e. The van der Waals surface area contributed by atoms with Crippen molar-refractivity contribution in [2.75, 3.05) is 6.26 Å². The highest BCUT2D eigenvalue weighted by Gasteiger charge is 2.09. The van der Waals surface area contributed by atoms with Crippen molar-refractivity contribution in [3.05, 3.63) is 48.3 Å². The summed E-state index contributed by atoms with van der Waals surface area (Å²) in [5.74, 6) is -0.547. The molecule has 0 fully saturated rings. The van der Waals surface area contributed by atoms with Gasteiger partial charge in [0.1, 0.15) is 0 Å². The molecule has 1 aromatic carbocycles. The highest BCUT2D eigenvalue weighted by molar-refractivity contribution is 7.89. The predicted molar refractivity (Wildman–Crippen MR) is 70.3 cm³/mol. The summed E-state index contributed by atoms with van der Waals surface area (Å²) in [5, 5.41) is 4.08. The van der Waals surface area contributed by atoms with E-state index in [2.05, 4.69) is 5.10 Å². The van der Waals surface area contributed by atoms with E-state index in [4.69, 9.17) is 0 Å². The minimum atomic E-state index is -3.50. The van der Waals surface area contributed by atoms with E-state index in [0.717, 1.165) is 17.5 Å². The molecule has 0 bridgehead atoms. The monoisotopic (exact) mass is 279 g/mol. The second-order valence-electron chi connectivity index (χ2n) is 4.09. The quantitative estimate of drug-likeness (QED) is 0.883. The zero-order chi connectivity index (χ0) is 13.9. The van der Waals surface area contributed by atoms with E-state index in [1.807, 2.05) is 29.1 Å². The topological polar surface area (TPSA) is 81.1 Å². The fourth-order valence-electron chi connectivity index (χ4n) is 1.62. The van der Waals surface area contributed by atoms with Crippen molar-refractivity contribution >= 4 is 15.9 Å². The summed E-state index contributed by atoms with van der Waals surface area (Å²) >= 11 is 0. The molecule has 6 nitrogen and oxygen atoms in total. The smallest absolute Gasteiger partial charge is 0.237 e. The zero-order valence-electron chi connectivity index (χ0n) is 10.3. The van der Waals surface area contributed by atoms with Crippen molar-refractivity contribution in [3.63, 3.8) is 0 Å². The van der Waals surface area contributed by atoms with Gasteiger partial charge in [-0.25, -0.2) is 13.1 Å². The first-order valence-corrected chi connectivity index (χ1v) is 7.43. The van der Waals surface area contributed by atoms with Crippen LogP contribution in [0.1, 0.15) is 5.56 Å². The van der Waals surface area contributed by atoms with Gasteiger partial charge < -0.3 is 0 Å². The number of hydrogen-bond acceptors (Lipinski definition) is 4. The minimum absolute atomic E-state index is 0.0203.